The van der Waals surface area contributed by atoms with Crippen molar-refractivity contribution in [1.82, 2.24) is 10.3 Å². The molecule has 0 aliphatic heterocycles. The van der Waals surface area contributed by atoms with E-state index in [2.05, 4.69) is 10.7 Å². The van der Waals surface area contributed by atoms with Gasteiger partial charge in [-0.3, -0.25) is 15.6 Å². The SMILES string of the molecule is CCOc1cc(C(Nc2ccc(C(=N)N)cc2)C(=O)NNS(=O)(=O)c2ccccc2F)ccc1OC(C)C.O=C(O)C(F)(F)F. The predicted octanol–water partition coefficient (Wildman–Crippen LogP) is 4.09. The molecule has 3 rings (SSSR count). The van der Waals surface area contributed by atoms with Gasteiger partial charge in [-0.15, -0.1) is 4.83 Å². The Kier molecular flexibility index (Phi) is 12.7. The van der Waals surface area contributed by atoms with Crippen LogP contribution in [-0.2, 0) is 19.6 Å². The molecule has 1 amide bonds. The number of amidine groups is 1. The Hall–Kier alpha value is -4.90. The lowest BCUT2D eigenvalue weighted by Gasteiger charge is -2.22. The van der Waals surface area contributed by atoms with Gasteiger partial charge in [-0.25, -0.2) is 17.6 Å². The molecule has 3 aromatic carbocycles. The molecule has 0 fully saturated rings. The number of hydrazine groups is 1. The minimum atomic E-state index is -5.08. The molecule has 3 aromatic rings. The Morgan fingerprint density at radius 3 is 2.13 bits per heavy atom. The molecule has 0 aliphatic carbocycles. The number of nitrogens with one attached hydrogen (secondary N) is 4. The van der Waals surface area contributed by atoms with E-state index in [9.17, 15) is 30.8 Å². The van der Waals surface area contributed by atoms with Gasteiger partial charge in [0.15, 0.2) is 11.5 Å². The van der Waals surface area contributed by atoms with Crippen LogP contribution in [-0.4, -0.2) is 50.1 Å². The van der Waals surface area contributed by atoms with Crippen LogP contribution < -0.4 is 30.8 Å². The predicted molar refractivity (Wildman–Crippen MR) is 156 cm³/mol. The molecule has 12 nitrogen and oxygen atoms in total. The topological polar surface area (TPSA) is 193 Å². The summed E-state index contributed by atoms with van der Waals surface area (Å²) in [4.78, 5) is 23.5. The van der Waals surface area contributed by atoms with E-state index in [1.807, 2.05) is 25.6 Å². The van der Waals surface area contributed by atoms with Crippen LogP contribution in [0.2, 0.25) is 0 Å². The van der Waals surface area contributed by atoms with Crippen molar-refractivity contribution in [3.8, 4) is 11.5 Å². The van der Waals surface area contributed by atoms with Crippen molar-refractivity contribution in [3.63, 3.8) is 0 Å². The number of carboxylic acid groups (broad SMARTS) is 1. The molecule has 0 aliphatic rings. The maximum atomic E-state index is 14.1. The van der Waals surface area contributed by atoms with Gasteiger partial charge in [-0.2, -0.15) is 13.2 Å². The van der Waals surface area contributed by atoms with Gasteiger partial charge in [0.1, 0.15) is 22.6 Å². The highest BCUT2D eigenvalue weighted by atomic mass is 32.2. The van der Waals surface area contributed by atoms with Crippen molar-refractivity contribution in [1.29, 1.82) is 5.41 Å². The summed E-state index contributed by atoms with van der Waals surface area (Å²) in [7, 11) is -4.39. The van der Waals surface area contributed by atoms with Gasteiger partial charge in [-0.05, 0) is 74.9 Å². The van der Waals surface area contributed by atoms with E-state index in [-0.39, 0.29) is 11.9 Å². The quantitative estimate of drug-likeness (QED) is 0.0720. The third kappa shape index (κ3) is 11.0. The number of ether oxygens (including phenoxy) is 2. The minimum Gasteiger partial charge on any atom is -0.490 e. The second-order valence-corrected chi connectivity index (χ2v) is 10.9. The van der Waals surface area contributed by atoms with Crippen molar-refractivity contribution in [2.24, 2.45) is 5.73 Å². The van der Waals surface area contributed by atoms with Crippen molar-refractivity contribution < 1.29 is 50.1 Å². The molecule has 45 heavy (non-hydrogen) atoms. The summed E-state index contributed by atoms with van der Waals surface area (Å²) in [6.45, 7) is 5.89. The number of aliphatic carboxylic acids is 1. The molecule has 1 unspecified atom stereocenters. The lowest BCUT2D eigenvalue weighted by Crippen LogP contribution is -2.45. The molecule has 244 valence electrons. The van der Waals surface area contributed by atoms with Crippen LogP contribution in [0.1, 0.15) is 37.9 Å². The minimum absolute atomic E-state index is 0.115. The number of nitrogen functional groups attached to an aromatic ring is 1. The van der Waals surface area contributed by atoms with E-state index in [1.54, 1.807) is 42.5 Å². The number of hydrogen-bond donors (Lipinski definition) is 6. The summed E-state index contributed by atoms with van der Waals surface area (Å²) in [6.07, 6.45) is -5.20. The summed E-state index contributed by atoms with van der Waals surface area (Å²) in [5.74, 6) is -3.73. The Morgan fingerprint density at radius 2 is 1.62 bits per heavy atom. The van der Waals surface area contributed by atoms with Gasteiger partial charge in [0, 0.05) is 11.3 Å². The van der Waals surface area contributed by atoms with E-state index in [1.165, 1.54) is 12.1 Å². The highest BCUT2D eigenvalue weighted by Crippen LogP contribution is 2.33. The molecule has 0 aromatic heterocycles. The molecule has 0 spiro atoms. The van der Waals surface area contributed by atoms with Crippen LogP contribution in [0.15, 0.2) is 71.6 Å². The molecular formula is C28H31F4N5O7S. The number of benzene rings is 3. The van der Waals surface area contributed by atoms with Crippen LogP contribution in [0.3, 0.4) is 0 Å². The second-order valence-electron chi connectivity index (χ2n) is 9.20. The maximum absolute atomic E-state index is 14.1. The Balaban J connectivity index is 0.000000900. The first kappa shape index (κ1) is 36.3. The molecule has 0 saturated carbocycles. The molecular weight excluding hydrogens is 626 g/mol. The van der Waals surface area contributed by atoms with Gasteiger partial charge >= 0.3 is 12.1 Å². The largest absolute Gasteiger partial charge is 0.490 e. The Morgan fingerprint density at radius 1 is 1.02 bits per heavy atom. The van der Waals surface area contributed by atoms with Gasteiger partial charge in [-0.1, -0.05) is 18.2 Å². The zero-order valence-corrected chi connectivity index (χ0v) is 24.9. The number of nitrogens with two attached hydrogens (primary N) is 1. The number of amides is 1. The summed E-state index contributed by atoms with van der Waals surface area (Å²) in [5.41, 5.74) is 9.10. The van der Waals surface area contributed by atoms with E-state index in [4.69, 9.17) is 30.5 Å². The Labute approximate surface area is 256 Å². The fourth-order valence-electron chi connectivity index (χ4n) is 3.44. The first-order valence-corrected chi connectivity index (χ1v) is 14.4. The highest BCUT2D eigenvalue weighted by Gasteiger charge is 2.38. The number of sulfonamides is 1. The maximum Gasteiger partial charge on any atom is 0.490 e. The third-order valence-electron chi connectivity index (χ3n) is 5.41. The lowest BCUT2D eigenvalue weighted by molar-refractivity contribution is -0.192. The van der Waals surface area contributed by atoms with Crippen LogP contribution in [0.25, 0.3) is 0 Å². The molecule has 7 N–H and O–H groups in total. The molecule has 1 atom stereocenters. The van der Waals surface area contributed by atoms with Crippen LogP contribution in [0.4, 0.5) is 23.2 Å². The number of carbonyl (C=O) groups is 2. The first-order chi connectivity index (χ1) is 21.0. The van der Waals surface area contributed by atoms with E-state index < -0.39 is 44.8 Å². The van der Waals surface area contributed by atoms with Crippen molar-refractivity contribution in [2.75, 3.05) is 11.9 Å². The lowest BCUT2D eigenvalue weighted by atomic mass is 10.0. The summed E-state index contributed by atoms with van der Waals surface area (Å²) >= 11 is 0. The fraction of sp³-hybridized carbons (Fsp3) is 0.250. The fourth-order valence-corrected chi connectivity index (χ4v) is 4.37. The molecule has 0 bridgehead atoms. The number of carboxylic acids is 1. The number of hydrogen-bond acceptors (Lipinski definition) is 8. The van der Waals surface area contributed by atoms with Crippen molar-refractivity contribution in [2.45, 2.75) is 44.0 Å². The second kappa shape index (κ2) is 15.7. The van der Waals surface area contributed by atoms with Gasteiger partial charge in [0.25, 0.3) is 15.9 Å². The molecule has 0 heterocycles. The normalized spacial score (nSPS) is 11.9. The van der Waals surface area contributed by atoms with E-state index in [0.717, 1.165) is 12.1 Å². The van der Waals surface area contributed by atoms with Gasteiger partial charge in [0.2, 0.25) is 0 Å². The molecule has 0 radical (unpaired) electrons. The van der Waals surface area contributed by atoms with Gasteiger partial charge in [0.05, 0.1) is 12.7 Å². The summed E-state index contributed by atoms with van der Waals surface area (Å²) in [5, 5.41) is 17.7. The van der Waals surface area contributed by atoms with E-state index in [0.29, 0.717) is 34.9 Å². The first-order valence-electron chi connectivity index (χ1n) is 13.0. The van der Waals surface area contributed by atoms with Crippen molar-refractivity contribution in [3.05, 3.63) is 83.7 Å². The number of halogens is 4. The number of anilines is 1. The number of alkyl halides is 3. The zero-order chi connectivity index (χ0) is 33.9. The molecule has 0 saturated heterocycles. The number of carbonyl (C=O) groups excluding carboxylic acids is 1. The van der Waals surface area contributed by atoms with Crippen LogP contribution >= 0.6 is 0 Å². The van der Waals surface area contributed by atoms with Crippen LogP contribution in [0, 0.1) is 11.2 Å². The number of rotatable bonds is 12. The summed E-state index contributed by atoms with van der Waals surface area (Å²) < 4.78 is 82.5. The average Bonchev–Trinajstić information content (AvgIpc) is 2.96. The smallest absolute Gasteiger partial charge is 0.490 e. The monoisotopic (exact) mass is 657 g/mol. The zero-order valence-electron chi connectivity index (χ0n) is 24.1. The standard InChI is InChI=1S/C26H30FN5O5S.C2HF3O2/c1-4-36-22-15-18(11-14-21(22)37-16(2)3)24(30-19-12-9-17(10-13-19)25(28)29)26(33)31-32-38(34,35)23-8-6-5-7-20(23)27;3-2(4,5)1(6)7/h5-16,24,30,32H,4H2,1-3H3,(H3,28,29)(H,31,33);(H,6,7). The highest BCUT2D eigenvalue weighted by molar-refractivity contribution is 7.89. The van der Waals surface area contributed by atoms with E-state index >= 15 is 0 Å². The third-order valence-corrected chi connectivity index (χ3v) is 6.69. The van der Waals surface area contributed by atoms with Crippen molar-refractivity contribution >= 4 is 33.4 Å². The molecule has 17 heteroatoms. The average molecular weight is 658 g/mol. The van der Waals surface area contributed by atoms with Gasteiger partial charge < -0.3 is 25.6 Å². The summed E-state index contributed by atoms with van der Waals surface area (Å²) in [6, 6.07) is 15.1. The van der Waals surface area contributed by atoms with Crippen LogP contribution in [0.5, 0.6) is 11.5 Å². The Bertz CT molecular complexity index is 1600.